The van der Waals surface area contributed by atoms with Crippen LogP contribution in [-0.2, 0) is 14.6 Å². The molecule has 1 aliphatic rings. The third-order valence-electron chi connectivity index (χ3n) is 4.71. The summed E-state index contributed by atoms with van der Waals surface area (Å²) in [4.78, 5) is 13.1. The van der Waals surface area contributed by atoms with Crippen molar-refractivity contribution in [2.45, 2.75) is 29.1 Å². The Morgan fingerprint density at radius 3 is 2.61 bits per heavy atom. The van der Waals surface area contributed by atoms with E-state index in [0.717, 1.165) is 5.56 Å². The van der Waals surface area contributed by atoms with Gasteiger partial charge in [0.25, 0.3) is 0 Å². The third-order valence-corrected chi connectivity index (χ3v) is 7.98. The van der Waals surface area contributed by atoms with E-state index in [-0.39, 0.29) is 33.4 Å². The number of rotatable bonds is 3. The molecular weight excluding hydrogens is 421 g/mol. The Morgan fingerprint density at radius 2 is 1.89 bits per heavy atom. The van der Waals surface area contributed by atoms with Crippen molar-refractivity contribution in [3.05, 3.63) is 74.7 Å². The molecule has 1 aliphatic heterocycles. The molecule has 4 nitrogen and oxygen atoms in total. The van der Waals surface area contributed by atoms with E-state index in [1.165, 1.54) is 47.0 Å². The van der Waals surface area contributed by atoms with Crippen LogP contribution in [0.15, 0.2) is 57.6 Å². The molecule has 3 aromatic rings. The maximum Gasteiger partial charge on any atom is 0.225 e. The van der Waals surface area contributed by atoms with Crippen LogP contribution in [0.2, 0.25) is 5.02 Å². The molecule has 4 rings (SSSR count). The fourth-order valence-electron chi connectivity index (χ4n) is 3.28. The lowest BCUT2D eigenvalue weighted by molar-refractivity contribution is -0.116. The predicted molar refractivity (Wildman–Crippen MR) is 107 cm³/mol. The Morgan fingerprint density at radius 1 is 1.18 bits per heavy atom. The van der Waals surface area contributed by atoms with Crippen LogP contribution in [0.3, 0.4) is 0 Å². The molecule has 0 saturated carbocycles. The number of thiophene rings is 1. The van der Waals surface area contributed by atoms with Gasteiger partial charge in [-0.2, -0.15) is 0 Å². The fourth-order valence-corrected chi connectivity index (χ4v) is 6.36. The number of carbonyl (C=O) groups is 1. The molecule has 0 bridgehead atoms. The molecule has 144 valence electrons. The van der Waals surface area contributed by atoms with Gasteiger partial charge in [0.05, 0.1) is 10.6 Å². The van der Waals surface area contributed by atoms with E-state index in [1.807, 2.05) is 6.92 Å². The van der Waals surface area contributed by atoms with Gasteiger partial charge in [-0.15, -0.1) is 11.3 Å². The van der Waals surface area contributed by atoms with Gasteiger partial charge in [-0.05, 0) is 42.8 Å². The van der Waals surface area contributed by atoms with Gasteiger partial charge < -0.3 is 5.32 Å². The highest BCUT2D eigenvalue weighted by atomic mass is 35.5. The van der Waals surface area contributed by atoms with Gasteiger partial charge in [0.2, 0.25) is 15.7 Å². The quantitative estimate of drug-likeness (QED) is 0.618. The average molecular weight is 436 g/mol. The molecular formula is C20H15ClFNO3S2. The van der Waals surface area contributed by atoms with Crippen LogP contribution in [0.25, 0.3) is 0 Å². The van der Waals surface area contributed by atoms with Crippen molar-refractivity contribution in [3.63, 3.8) is 0 Å². The molecule has 0 unspecified atom stereocenters. The number of amides is 1. The van der Waals surface area contributed by atoms with Gasteiger partial charge in [-0.1, -0.05) is 29.3 Å². The largest absolute Gasteiger partial charge is 0.324 e. The molecule has 0 radical (unpaired) electrons. The summed E-state index contributed by atoms with van der Waals surface area (Å²) in [5.41, 5.74) is 1.45. The number of halogens is 2. The second kappa shape index (κ2) is 6.99. The lowest BCUT2D eigenvalue weighted by atomic mass is 9.90. The molecule has 1 aromatic heterocycles. The minimum Gasteiger partial charge on any atom is -0.324 e. The molecule has 0 spiro atoms. The minimum absolute atomic E-state index is 0.0226. The monoisotopic (exact) mass is 435 g/mol. The van der Waals surface area contributed by atoms with Crippen LogP contribution in [0.4, 0.5) is 10.1 Å². The summed E-state index contributed by atoms with van der Waals surface area (Å²) in [6.45, 7) is 1.87. The van der Waals surface area contributed by atoms with Crippen molar-refractivity contribution < 1.29 is 17.6 Å². The van der Waals surface area contributed by atoms with Crippen LogP contribution in [0.1, 0.15) is 28.3 Å². The van der Waals surface area contributed by atoms with E-state index < -0.39 is 21.6 Å². The first-order valence-electron chi connectivity index (χ1n) is 8.45. The smallest absolute Gasteiger partial charge is 0.225 e. The molecule has 1 atom stereocenters. The number of nitrogens with one attached hydrogen (secondary N) is 1. The SMILES string of the molecule is Cc1ccc(S(=O)(=O)c2csc3c2NC(=O)C[C@@H]3c2cc(Cl)ccc2F)cc1. The predicted octanol–water partition coefficient (Wildman–Crippen LogP) is 5.16. The lowest BCUT2D eigenvalue weighted by Gasteiger charge is -2.24. The van der Waals surface area contributed by atoms with Gasteiger partial charge >= 0.3 is 0 Å². The average Bonchev–Trinajstić information content (AvgIpc) is 3.08. The minimum atomic E-state index is -3.83. The van der Waals surface area contributed by atoms with Crippen LogP contribution < -0.4 is 5.32 Å². The summed E-state index contributed by atoms with van der Waals surface area (Å²) in [6, 6.07) is 10.7. The molecule has 1 N–H and O–H groups in total. The molecule has 1 amide bonds. The van der Waals surface area contributed by atoms with E-state index in [4.69, 9.17) is 11.6 Å². The number of sulfone groups is 1. The van der Waals surface area contributed by atoms with Gasteiger partial charge in [0.15, 0.2) is 0 Å². The zero-order valence-electron chi connectivity index (χ0n) is 14.7. The molecule has 8 heteroatoms. The number of hydrogen-bond acceptors (Lipinski definition) is 4. The van der Waals surface area contributed by atoms with Gasteiger partial charge in [0, 0.05) is 27.6 Å². The standard InChI is InChI=1S/C20H15ClFNO3S2/c1-11-2-5-13(6-3-11)28(25,26)17-10-27-20-15(9-18(24)23-19(17)20)14-8-12(21)4-7-16(14)22/h2-8,10,15H,9H2,1H3,(H,23,24)/t15-/m1/s1. The Balaban J connectivity index is 1.85. The normalized spacial score (nSPS) is 16.5. The number of benzene rings is 2. The molecule has 0 fully saturated rings. The fraction of sp³-hybridized carbons (Fsp3) is 0.150. The summed E-state index contributed by atoms with van der Waals surface area (Å²) in [5, 5.41) is 4.52. The van der Waals surface area contributed by atoms with Gasteiger partial charge in [0.1, 0.15) is 10.7 Å². The number of hydrogen-bond donors (Lipinski definition) is 1. The maximum atomic E-state index is 14.4. The van der Waals surface area contributed by atoms with Crippen LogP contribution in [0, 0.1) is 12.7 Å². The molecule has 28 heavy (non-hydrogen) atoms. The number of anilines is 1. The molecule has 2 heterocycles. The van der Waals surface area contributed by atoms with Crippen molar-refractivity contribution >= 4 is 44.4 Å². The zero-order valence-corrected chi connectivity index (χ0v) is 17.1. The first-order chi connectivity index (χ1) is 13.3. The van der Waals surface area contributed by atoms with Gasteiger partial charge in [-0.3, -0.25) is 4.79 Å². The Labute approximate surface area is 170 Å². The van der Waals surface area contributed by atoms with E-state index in [1.54, 1.807) is 12.1 Å². The van der Waals surface area contributed by atoms with Crippen molar-refractivity contribution in [1.29, 1.82) is 0 Å². The molecule has 2 aromatic carbocycles. The van der Waals surface area contributed by atoms with Crippen molar-refractivity contribution in [1.82, 2.24) is 0 Å². The first kappa shape index (κ1) is 19.1. The zero-order chi connectivity index (χ0) is 20.1. The lowest BCUT2D eigenvalue weighted by Crippen LogP contribution is -2.24. The number of carbonyl (C=O) groups excluding carboxylic acids is 1. The summed E-state index contributed by atoms with van der Waals surface area (Å²) < 4.78 is 40.6. The highest BCUT2D eigenvalue weighted by Gasteiger charge is 2.35. The van der Waals surface area contributed by atoms with Crippen molar-refractivity contribution in [2.24, 2.45) is 0 Å². The van der Waals surface area contributed by atoms with Gasteiger partial charge in [-0.25, -0.2) is 12.8 Å². The van der Waals surface area contributed by atoms with E-state index in [9.17, 15) is 17.6 Å². The summed E-state index contributed by atoms with van der Waals surface area (Å²) in [6.07, 6.45) is 0.0226. The third kappa shape index (κ3) is 3.23. The highest BCUT2D eigenvalue weighted by molar-refractivity contribution is 7.91. The maximum absolute atomic E-state index is 14.4. The summed E-state index contributed by atoms with van der Waals surface area (Å²) in [5.74, 6) is -1.43. The number of fused-ring (bicyclic) bond motifs is 1. The Kier molecular flexibility index (Phi) is 4.77. The highest BCUT2D eigenvalue weighted by Crippen LogP contribution is 2.46. The topological polar surface area (TPSA) is 63.2 Å². The summed E-state index contributed by atoms with van der Waals surface area (Å²) >= 11 is 7.20. The van der Waals surface area contributed by atoms with Crippen molar-refractivity contribution in [3.8, 4) is 0 Å². The Bertz CT molecular complexity index is 1190. The first-order valence-corrected chi connectivity index (χ1v) is 11.2. The second-order valence-electron chi connectivity index (χ2n) is 6.63. The molecule has 0 saturated heterocycles. The van der Waals surface area contributed by atoms with Crippen LogP contribution in [0.5, 0.6) is 0 Å². The Hall–Kier alpha value is -2.22. The second-order valence-corrected chi connectivity index (χ2v) is 9.89. The summed E-state index contributed by atoms with van der Waals surface area (Å²) in [7, 11) is -3.83. The van der Waals surface area contributed by atoms with E-state index in [2.05, 4.69) is 5.32 Å². The van der Waals surface area contributed by atoms with E-state index in [0.29, 0.717) is 9.90 Å². The van der Waals surface area contributed by atoms with E-state index >= 15 is 0 Å². The number of aryl methyl sites for hydroxylation is 1. The molecule has 0 aliphatic carbocycles. The van der Waals surface area contributed by atoms with Crippen LogP contribution in [-0.4, -0.2) is 14.3 Å². The van der Waals surface area contributed by atoms with Crippen LogP contribution >= 0.6 is 22.9 Å². The van der Waals surface area contributed by atoms with Crippen molar-refractivity contribution in [2.75, 3.05) is 5.32 Å².